The topological polar surface area (TPSA) is 17.8 Å². The molecule has 0 bridgehead atoms. The number of fused-ring (bicyclic) bond motifs is 9. The molecule has 40 heavy (non-hydrogen) atoms. The Morgan fingerprint density at radius 2 is 1.23 bits per heavy atom. The van der Waals surface area contributed by atoms with Crippen molar-refractivity contribution in [3.8, 4) is 16.9 Å². The zero-order valence-electron chi connectivity index (χ0n) is 21.5. The van der Waals surface area contributed by atoms with Crippen LogP contribution in [0, 0.1) is 0 Å². The zero-order chi connectivity index (χ0) is 26.2. The van der Waals surface area contributed by atoms with Crippen molar-refractivity contribution < 1.29 is 0 Å². The number of benzene rings is 6. The second-order valence-electron chi connectivity index (χ2n) is 10.4. The largest absolute Gasteiger partial charge is 0.294 e. The first-order chi connectivity index (χ1) is 19.8. The maximum Gasteiger partial charge on any atom is 0.138 e. The Kier molecular flexibility index (Phi) is 4.52. The zero-order valence-corrected chi connectivity index (χ0v) is 22.3. The molecule has 6 aromatic carbocycles. The molecule has 3 heteroatoms. The Balaban J connectivity index is 1.42. The van der Waals surface area contributed by atoms with E-state index in [1.807, 2.05) is 11.3 Å². The SMILES string of the molecule is c1ccc2c(c1)ccc1c2c2ccccc2n1-c1cc(-c2cccc3c2sc2ccccc23)c2ccccc2n1. The molecule has 0 amide bonds. The van der Waals surface area contributed by atoms with Crippen LogP contribution in [-0.2, 0) is 0 Å². The van der Waals surface area contributed by atoms with Gasteiger partial charge in [0.25, 0.3) is 0 Å². The molecule has 9 rings (SSSR count). The minimum absolute atomic E-state index is 0.938. The molecule has 9 aromatic rings. The normalized spacial score (nSPS) is 12.0. The molecule has 0 atom stereocenters. The Hall–Kier alpha value is -4.99. The van der Waals surface area contributed by atoms with E-state index in [2.05, 4.69) is 138 Å². The van der Waals surface area contributed by atoms with Gasteiger partial charge in [0.2, 0.25) is 0 Å². The van der Waals surface area contributed by atoms with Crippen LogP contribution in [0.15, 0.2) is 133 Å². The van der Waals surface area contributed by atoms with Gasteiger partial charge in [0.1, 0.15) is 5.82 Å². The monoisotopic (exact) mass is 526 g/mol. The van der Waals surface area contributed by atoms with Gasteiger partial charge in [-0.25, -0.2) is 4.98 Å². The highest BCUT2D eigenvalue weighted by atomic mass is 32.1. The quantitative estimate of drug-likeness (QED) is 0.219. The van der Waals surface area contributed by atoms with Crippen LogP contribution in [0.5, 0.6) is 0 Å². The Labute approximate surface area is 234 Å². The van der Waals surface area contributed by atoms with Crippen molar-refractivity contribution >= 4 is 75.0 Å². The van der Waals surface area contributed by atoms with Gasteiger partial charge in [0.15, 0.2) is 0 Å². The summed E-state index contributed by atoms with van der Waals surface area (Å²) in [5, 5.41) is 8.84. The average Bonchev–Trinajstić information content (AvgIpc) is 3.57. The smallest absolute Gasteiger partial charge is 0.138 e. The molecular formula is C37H22N2S. The highest BCUT2D eigenvalue weighted by molar-refractivity contribution is 7.26. The summed E-state index contributed by atoms with van der Waals surface area (Å²) in [4.78, 5) is 5.27. The summed E-state index contributed by atoms with van der Waals surface area (Å²) in [5.41, 5.74) is 5.81. The lowest BCUT2D eigenvalue weighted by Gasteiger charge is -2.13. The second-order valence-corrected chi connectivity index (χ2v) is 11.4. The molecule has 0 aliphatic carbocycles. The van der Waals surface area contributed by atoms with E-state index in [0.29, 0.717) is 0 Å². The lowest BCUT2D eigenvalue weighted by atomic mass is 9.99. The van der Waals surface area contributed by atoms with Crippen LogP contribution in [0.25, 0.3) is 80.6 Å². The molecule has 3 aromatic heterocycles. The minimum Gasteiger partial charge on any atom is -0.294 e. The molecule has 3 heterocycles. The first-order valence-electron chi connectivity index (χ1n) is 13.6. The molecule has 0 aliphatic rings. The van der Waals surface area contributed by atoms with Gasteiger partial charge < -0.3 is 0 Å². The van der Waals surface area contributed by atoms with E-state index in [4.69, 9.17) is 4.98 Å². The summed E-state index contributed by atoms with van der Waals surface area (Å²) < 4.78 is 4.98. The molecule has 2 nitrogen and oxygen atoms in total. The van der Waals surface area contributed by atoms with Crippen LogP contribution in [0.1, 0.15) is 0 Å². The van der Waals surface area contributed by atoms with Gasteiger partial charge in [-0.05, 0) is 46.7 Å². The number of hydrogen-bond donors (Lipinski definition) is 0. The van der Waals surface area contributed by atoms with Gasteiger partial charge in [-0.2, -0.15) is 0 Å². The van der Waals surface area contributed by atoms with Crippen LogP contribution in [0.3, 0.4) is 0 Å². The van der Waals surface area contributed by atoms with Crippen LogP contribution in [0.4, 0.5) is 0 Å². The number of rotatable bonds is 2. The van der Waals surface area contributed by atoms with E-state index in [0.717, 1.165) is 11.3 Å². The van der Waals surface area contributed by atoms with E-state index >= 15 is 0 Å². The van der Waals surface area contributed by atoms with E-state index in [1.54, 1.807) is 0 Å². The van der Waals surface area contributed by atoms with Crippen molar-refractivity contribution in [3.63, 3.8) is 0 Å². The third-order valence-corrected chi connectivity index (χ3v) is 9.41. The third kappa shape index (κ3) is 3.01. The number of hydrogen-bond acceptors (Lipinski definition) is 2. The molecule has 0 fully saturated rings. The first kappa shape index (κ1) is 21.9. The fraction of sp³-hybridized carbons (Fsp3) is 0. The van der Waals surface area contributed by atoms with Gasteiger partial charge in [-0.1, -0.05) is 103 Å². The maximum absolute atomic E-state index is 5.27. The van der Waals surface area contributed by atoms with Gasteiger partial charge in [-0.3, -0.25) is 4.57 Å². The van der Waals surface area contributed by atoms with E-state index in [1.165, 1.54) is 69.3 Å². The van der Waals surface area contributed by atoms with Crippen LogP contribution in [0.2, 0.25) is 0 Å². The summed E-state index contributed by atoms with van der Waals surface area (Å²) in [6.07, 6.45) is 0. The molecule has 0 spiro atoms. The first-order valence-corrected chi connectivity index (χ1v) is 14.4. The van der Waals surface area contributed by atoms with Crippen molar-refractivity contribution in [2.45, 2.75) is 0 Å². The Bertz CT molecular complexity index is 2440. The molecule has 0 N–H and O–H groups in total. The van der Waals surface area contributed by atoms with Crippen LogP contribution >= 0.6 is 11.3 Å². The van der Waals surface area contributed by atoms with Crippen molar-refractivity contribution in [2.24, 2.45) is 0 Å². The number of nitrogens with zero attached hydrogens (tertiary/aromatic N) is 2. The van der Waals surface area contributed by atoms with Gasteiger partial charge in [0.05, 0.1) is 16.6 Å². The predicted octanol–water partition coefficient (Wildman–Crippen LogP) is 10.5. The Morgan fingerprint density at radius 3 is 2.15 bits per heavy atom. The molecule has 0 aliphatic heterocycles. The summed E-state index contributed by atoms with van der Waals surface area (Å²) in [5.74, 6) is 0.938. The fourth-order valence-electron chi connectivity index (χ4n) is 6.44. The van der Waals surface area contributed by atoms with Crippen molar-refractivity contribution in [3.05, 3.63) is 133 Å². The van der Waals surface area contributed by atoms with E-state index in [9.17, 15) is 0 Å². The van der Waals surface area contributed by atoms with Gasteiger partial charge >= 0.3 is 0 Å². The molecule has 0 saturated carbocycles. The van der Waals surface area contributed by atoms with Crippen molar-refractivity contribution in [1.29, 1.82) is 0 Å². The molecule has 0 radical (unpaired) electrons. The van der Waals surface area contributed by atoms with Crippen molar-refractivity contribution in [1.82, 2.24) is 9.55 Å². The highest BCUT2D eigenvalue weighted by Gasteiger charge is 2.18. The summed E-state index contributed by atoms with van der Waals surface area (Å²) >= 11 is 1.87. The van der Waals surface area contributed by atoms with Gasteiger partial charge in [-0.15, -0.1) is 11.3 Å². The van der Waals surface area contributed by atoms with Crippen LogP contribution < -0.4 is 0 Å². The minimum atomic E-state index is 0.938. The van der Waals surface area contributed by atoms with Gasteiger partial charge in [0, 0.05) is 41.9 Å². The molecule has 0 saturated heterocycles. The van der Waals surface area contributed by atoms with Crippen LogP contribution in [-0.4, -0.2) is 9.55 Å². The summed E-state index contributed by atoms with van der Waals surface area (Å²) in [6, 6.07) is 48.1. The summed E-state index contributed by atoms with van der Waals surface area (Å²) in [7, 11) is 0. The Morgan fingerprint density at radius 1 is 0.500 bits per heavy atom. The predicted molar refractivity (Wildman–Crippen MR) is 172 cm³/mol. The molecule has 186 valence electrons. The highest BCUT2D eigenvalue weighted by Crippen LogP contribution is 2.43. The van der Waals surface area contributed by atoms with E-state index < -0.39 is 0 Å². The fourth-order valence-corrected chi connectivity index (χ4v) is 7.67. The summed E-state index contributed by atoms with van der Waals surface area (Å²) in [6.45, 7) is 0. The molecular weight excluding hydrogens is 504 g/mol. The number of pyridine rings is 1. The average molecular weight is 527 g/mol. The number of thiophene rings is 1. The number of aromatic nitrogens is 2. The standard InChI is InChI=1S/C37H22N2S/c1-2-11-24-23(10-1)20-21-33-36(24)29-14-4-7-18-32(29)39(33)35-22-30(25-12-3-6-17-31(25)38-35)28-16-9-15-27-26-13-5-8-19-34(26)40-37(27)28/h1-22H. The molecule has 0 unspecified atom stereocenters. The lowest BCUT2D eigenvalue weighted by molar-refractivity contribution is 1.10. The number of para-hydroxylation sites is 2. The second kappa shape index (κ2) is 8.25. The lowest BCUT2D eigenvalue weighted by Crippen LogP contribution is -1.99. The maximum atomic E-state index is 5.27. The van der Waals surface area contributed by atoms with E-state index in [-0.39, 0.29) is 0 Å². The third-order valence-electron chi connectivity index (χ3n) is 8.19. The van der Waals surface area contributed by atoms with Crippen molar-refractivity contribution in [2.75, 3.05) is 0 Å².